The van der Waals surface area contributed by atoms with Gasteiger partial charge in [-0.2, -0.15) is 0 Å². The van der Waals surface area contributed by atoms with E-state index in [-0.39, 0.29) is 6.04 Å². The molecule has 2 aliphatic rings. The molecule has 0 radical (unpaired) electrons. The molecular formula is C22H22N2S. The number of benzene rings is 2. The van der Waals surface area contributed by atoms with Gasteiger partial charge in [-0.15, -0.1) is 0 Å². The first-order chi connectivity index (χ1) is 12.3. The van der Waals surface area contributed by atoms with Gasteiger partial charge in [-0.1, -0.05) is 72.4 Å². The number of thioether (sulfide) groups is 1. The summed E-state index contributed by atoms with van der Waals surface area (Å²) in [5.74, 6) is 0. The standard InChI is InChI=1S/C22H22N2S/c1-25-22-23-20(17-11-6-3-7-12-17)19-14-8-13-18(21(19)24-22)15-16-9-4-2-5-10-16/h2-7,9-12,15,20H,8,13-14H2,1H3,(H,23,24). The molecule has 0 bridgehead atoms. The highest BCUT2D eigenvalue weighted by atomic mass is 32.2. The van der Waals surface area contributed by atoms with Gasteiger partial charge in [0.15, 0.2) is 5.17 Å². The van der Waals surface area contributed by atoms with Crippen molar-refractivity contribution >= 4 is 23.0 Å². The van der Waals surface area contributed by atoms with E-state index in [4.69, 9.17) is 4.99 Å². The van der Waals surface area contributed by atoms with Gasteiger partial charge in [-0.25, -0.2) is 4.99 Å². The van der Waals surface area contributed by atoms with Crippen LogP contribution in [-0.2, 0) is 0 Å². The number of rotatable bonds is 2. The summed E-state index contributed by atoms with van der Waals surface area (Å²) in [5.41, 5.74) is 6.66. The summed E-state index contributed by atoms with van der Waals surface area (Å²) in [5, 5.41) is 4.61. The molecule has 1 heterocycles. The average Bonchev–Trinajstić information content (AvgIpc) is 2.69. The lowest BCUT2D eigenvalue weighted by Gasteiger charge is -2.32. The average molecular weight is 346 g/mol. The zero-order valence-electron chi connectivity index (χ0n) is 14.4. The minimum atomic E-state index is 0.138. The molecule has 1 N–H and O–H groups in total. The van der Waals surface area contributed by atoms with Crippen molar-refractivity contribution in [3.63, 3.8) is 0 Å². The summed E-state index contributed by atoms with van der Waals surface area (Å²) in [6.07, 6.45) is 7.82. The number of aliphatic imine (C=N–C) groups is 1. The lowest BCUT2D eigenvalue weighted by molar-refractivity contribution is 0.660. The molecule has 0 spiro atoms. The maximum Gasteiger partial charge on any atom is 0.161 e. The zero-order valence-corrected chi connectivity index (χ0v) is 15.2. The number of hydrogen-bond donors (Lipinski definition) is 1. The van der Waals surface area contributed by atoms with Gasteiger partial charge in [0.25, 0.3) is 0 Å². The molecule has 126 valence electrons. The number of allylic oxidation sites excluding steroid dienone is 1. The van der Waals surface area contributed by atoms with Gasteiger partial charge in [-0.3, -0.25) is 0 Å². The van der Waals surface area contributed by atoms with Gasteiger partial charge in [0, 0.05) is 5.70 Å². The predicted molar refractivity (Wildman–Crippen MR) is 109 cm³/mol. The Kier molecular flexibility index (Phi) is 4.75. The third-order valence-corrected chi connectivity index (χ3v) is 5.39. The van der Waals surface area contributed by atoms with E-state index in [1.54, 1.807) is 11.8 Å². The molecule has 3 heteroatoms. The Hall–Kier alpha value is -2.26. The minimum Gasteiger partial charge on any atom is -0.335 e. The summed E-state index contributed by atoms with van der Waals surface area (Å²) >= 11 is 1.69. The zero-order chi connectivity index (χ0) is 17.1. The Morgan fingerprint density at radius 2 is 1.72 bits per heavy atom. The monoisotopic (exact) mass is 346 g/mol. The summed E-state index contributed by atoms with van der Waals surface area (Å²) in [4.78, 5) is 4.98. The summed E-state index contributed by atoms with van der Waals surface area (Å²) < 4.78 is 0. The van der Waals surface area contributed by atoms with Crippen LogP contribution in [0.15, 0.2) is 82.5 Å². The van der Waals surface area contributed by atoms with Gasteiger partial charge >= 0.3 is 0 Å². The van der Waals surface area contributed by atoms with Gasteiger partial charge in [0.2, 0.25) is 0 Å². The fraction of sp³-hybridized carbons (Fsp3) is 0.227. The largest absolute Gasteiger partial charge is 0.335 e. The van der Waals surface area contributed by atoms with E-state index < -0.39 is 0 Å². The number of nitrogens with zero attached hydrogens (tertiary/aromatic N) is 1. The van der Waals surface area contributed by atoms with Gasteiger partial charge < -0.3 is 5.32 Å². The Bertz CT molecular complexity index is 835. The fourth-order valence-corrected chi connectivity index (χ4v) is 4.02. The maximum absolute atomic E-state index is 4.98. The van der Waals surface area contributed by atoms with Crippen LogP contribution in [0.2, 0.25) is 0 Å². The molecule has 1 aliphatic carbocycles. The number of hydrogen-bond acceptors (Lipinski definition) is 3. The first-order valence-corrected chi connectivity index (χ1v) is 10.0. The Balaban J connectivity index is 1.78. The second-order valence-corrected chi connectivity index (χ2v) is 7.21. The SMILES string of the molecule is CSC1=NC(c2ccccc2)C2=C(N1)C(=Cc1ccccc1)CCC2. The summed E-state index contributed by atoms with van der Waals surface area (Å²) in [6, 6.07) is 21.4. The molecule has 0 fully saturated rings. The van der Waals surface area contributed by atoms with Crippen LogP contribution in [0.25, 0.3) is 6.08 Å². The summed E-state index contributed by atoms with van der Waals surface area (Å²) in [7, 11) is 0. The molecule has 2 aromatic carbocycles. The van der Waals surface area contributed by atoms with E-state index in [9.17, 15) is 0 Å². The van der Waals surface area contributed by atoms with Crippen molar-refractivity contribution in [1.29, 1.82) is 0 Å². The van der Waals surface area contributed by atoms with E-state index in [2.05, 4.69) is 78.3 Å². The molecule has 2 nitrogen and oxygen atoms in total. The third kappa shape index (κ3) is 3.42. The molecule has 25 heavy (non-hydrogen) atoms. The van der Waals surface area contributed by atoms with Crippen LogP contribution in [0.4, 0.5) is 0 Å². The summed E-state index contributed by atoms with van der Waals surface area (Å²) in [6.45, 7) is 0. The second-order valence-electron chi connectivity index (χ2n) is 6.41. The van der Waals surface area contributed by atoms with Crippen molar-refractivity contribution in [2.45, 2.75) is 25.3 Å². The quantitative estimate of drug-likeness (QED) is 0.768. The Labute approximate surface area is 153 Å². The van der Waals surface area contributed by atoms with Crippen molar-refractivity contribution < 1.29 is 0 Å². The highest BCUT2D eigenvalue weighted by molar-refractivity contribution is 8.13. The van der Waals surface area contributed by atoms with Crippen molar-refractivity contribution in [3.05, 3.63) is 88.6 Å². The molecule has 2 aromatic rings. The van der Waals surface area contributed by atoms with E-state index in [0.29, 0.717) is 0 Å². The van der Waals surface area contributed by atoms with E-state index >= 15 is 0 Å². The van der Waals surface area contributed by atoms with Crippen molar-refractivity contribution in [2.75, 3.05) is 6.26 Å². The first-order valence-electron chi connectivity index (χ1n) is 8.78. The molecule has 1 atom stereocenters. The molecular weight excluding hydrogens is 324 g/mol. The maximum atomic E-state index is 4.98. The van der Waals surface area contributed by atoms with Crippen molar-refractivity contribution in [1.82, 2.24) is 5.32 Å². The normalized spacial score (nSPS) is 21.6. The van der Waals surface area contributed by atoms with Crippen molar-refractivity contribution in [3.8, 4) is 0 Å². The smallest absolute Gasteiger partial charge is 0.161 e. The van der Waals surface area contributed by atoms with E-state index in [1.807, 2.05) is 0 Å². The van der Waals surface area contributed by atoms with Gasteiger partial charge in [-0.05, 0) is 53.9 Å². The Morgan fingerprint density at radius 1 is 1.00 bits per heavy atom. The minimum absolute atomic E-state index is 0.138. The van der Waals surface area contributed by atoms with Crippen LogP contribution in [0, 0.1) is 0 Å². The lowest BCUT2D eigenvalue weighted by atomic mass is 9.84. The van der Waals surface area contributed by atoms with Gasteiger partial charge in [0.05, 0.1) is 0 Å². The predicted octanol–water partition coefficient (Wildman–Crippen LogP) is 5.57. The molecule has 1 aliphatic heterocycles. The van der Waals surface area contributed by atoms with Crippen LogP contribution in [0.5, 0.6) is 0 Å². The topological polar surface area (TPSA) is 24.4 Å². The number of amidine groups is 1. The first kappa shape index (κ1) is 16.2. The van der Waals surface area contributed by atoms with Crippen LogP contribution < -0.4 is 5.32 Å². The van der Waals surface area contributed by atoms with Gasteiger partial charge in [0.1, 0.15) is 6.04 Å². The molecule has 0 aromatic heterocycles. The molecule has 1 unspecified atom stereocenters. The molecule has 0 saturated heterocycles. The Morgan fingerprint density at radius 3 is 2.44 bits per heavy atom. The van der Waals surface area contributed by atoms with Crippen LogP contribution >= 0.6 is 11.8 Å². The molecule has 0 saturated carbocycles. The third-order valence-electron chi connectivity index (χ3n) is 4.79. The molecule has 0 amide bonds. The molecule has 4 rings (SSSR count). The van der Waals surface area contributed by atoms with E-state index in [1.165, 1.54) is 34.4 Å². The van der Waals surface area contributed by atoms with Crippen LogP contribution in [-0.4, -0.2) is 11.4 Å². The van der Waals surface area contributed by atoms with Crippen LogP contribution in [0.1, 0.15) is 36.4 Å². The number of nitrogens with one attached hydrogen (secondary N) is 1. The highest BCUT2D eigenvalue weighted by Crippen LogP contribution is 2.41. The van der Waals surface area contributed by atoms with E-state index in [0.717, 1.165) is 18.0 Å². The highest BCUT2D eigenvalue weighted by Gasteiger charge is 2.29. The van der Waals surface area contributed by atoms with Crippen LogP contribution in [0.3, 0.4) is 0 Å². The lowest BCUT2D eigenvalue weighted by Crippen LogP contribution is -2.30. The fourth-order valence-electron chi connectivity index (χ4n) is 3.60. The second kappa shape index (κ2) is 7.32. The van der Waals surface area contributed by atoms with Crippen molar-refractivity contribution in [2.24, 2.45) is 4.99 Å².